The lowest BCUT2D eigenvalue weighted by molar-refractivity contribution is 0.00578. The minimum Gasteiger partial charge on any atom is -0.444 e. The van der Waals surface area contributed by atoms with Gasteiger partial charge < -0.3 is 19.4 Å². The third-order valence-electron chi connectivity index (χ3n) is 5.76. The number of nitrogens with one attached hydrogen (secondary N) is 1. The standard InChI is InChI=1S/C24H33BN2O4/c1-16(27-21(28)29-22(2,3)4)17-9-11-18(12-10-17)19-13-20(15-26-14-19)25-30-23(5,6)24(7,8)31-25/h9-16H,1-8H3,(H,27,28)/t16-/m0/s1. The van der Waals surface area contributed by atoms with Gasteiger partial charge in [0.1, 0.15) is 5.60 Å². The fourth-order valence-corrected chi connectivity index (χ4v) is 3.26. The van der Waals surface area contributed by atoms with Crippen LogP contribution in [0.4, 0.5) is 4.79 Å². The molecule has 1 N–H and O–H groups in total. The van der Waals surface area contributed by atoms with Crippen LogP contribution in [0.2, 0.25) is 0 Å². The van der Waals surface area contributed by atoms with E-state index in [1.165, 1.54) is 0 Å². The van der Waals surface area contributed by atoms with Crippen LogP contribution in [0.3, 0.4) is 0 Å². The van der Waals surface area contributed by atoms with Crippen molar-refractivity contribution in [3.63, 3.8) is 0 Å². The van der Waals surface area contributed by atoms with Crippen LogP contribution >= 0.6 is 0 Å². The normalized spacial score (nSPS) is 18.5. The molecule has 0 unspecified atom stereocenters. The molecule has 0 aliphatic carbocycles. The highest BCUT2D eigenvalue weighted by molar-refractivity contribution is 6.62. The number of nitrogens with zero attached hydrogens (tertiary/aromatic N) is 1. The molecule has 7 heteroatoms. The Labute approximate surface area is 185 Å². The lowest BCUT2D eigenvalue weighted by Gasteiger charge is -2.32. The maximum Gasteiger partial charge on any atom is 0.496 e. The van der Waals surface area contributed by atoms with E-state index in [9.17, 15) is 4.79 Å². The Morgan fingerprint density at radius 1 is 1.03 bits per heavy atom. The van der Waals surface area contributed by atoms with E-state index < -0.39 is 30.0 Å². The van der Waals surface area contributed by atoms with Crippen molar-refractivity contribution >= 4 is 18.7 Å². The molecule has 1 aliphatic heterocycles. The highest BCUT2D eigenvalue weighted by Gasteiger charge is 2.51. The van der Waals surface area contributed by atoms with E-state index in [4.69, 9.17) is 14.0 Å². The van der Waals surface area contributed by atoms with Crippen LogP contribution in [0.5, 0.6) is 0 Å². The van der Waals surface area contributed by atoms with E-state index in [0.29, 0.717) is 0 Å². The number of benzene rings is 1. The van der Waals surface area contributed by atoms with Crippen molar-refractivity contribution in [3.05, 3.63) is 48.3 Å². The molecule has 1 aromatic carbocycles. The molecule has 1 aliphatic rings. The molecule has 0 spiro atoms. The lowest BCUT2D eigenvalue weighted by Crippen LogP contribution is -2.41. The number of hydrogen-bond donors (Lipinski definition) is 1. The molecule has 0 saturated carbocycles. The summed E-state index contributed by atoms with van der Waals surface area (Å²) >= 11 is 0. The Bertz CT molecular complexity index is 919. The van der Waals surface area contributed by atoms with E-state index in [0.717, 1.165) is 22.2 Å². The number of alkyl carbamates (subject to hydrolysis) is 1. The first-order chi connectivity index (χ1) is 14.3. The van der Waals surface area contributed by atoms with Gasteiger partial charge in [-0.25, -0.2) is 4.79 Å². The monoisotopic (exact) mass is 424 g/mol. The van der Waals surface area contributed by atoms with Gasteiger partial charge >= 0.3 is 13.2 Å². The smallest absolute Gasteiger partial charge is 0.444 e. The summed E-state index contributed by atoms with van der Waals surface area (Å²) < 4.78 is 17.6. The average Bonchev–Trinajstić information content (AvgIpc) is 2.88. The molecule has 1 atom stereocenters. The van der Waals surface area contributed by atoms with Gasteiger partial charge in [0.15, 0.2) is 0 Å². The van der Waals surface area contributed by atoms with E-state index in [2.05, 4.69) is 10.3 Å². The van der Waals surface area contributed by atoms with Crippen LogP contribution in [-0.4, -0.2) is 35.0 Å². The third-order valence-corrected chi connectivity index (χ3v) is 5.76. The number of pyridine rings is 1. The molecule has 1 amide bonds. The Hall–Kier alpha value is -2.38. The molecule has 166 valence electrons. The van der Waals surface area contributed by atoms with Gasteiger partial charge in [0.25, 0.3) is 0 Å². The maximum absolute atomic E-state index is 12.0. The lowest BCUT2D eigenvalue weighted by atomic mass is 9.79. The van der Waals surface area contributed by atoms with Crippen LogP contribution in [0.15, 0.2) is 42.7 Å². The van der Waals surface area contributed by atoms with Crippen LogP contribution < -0.4 is 10.8 Å². The van der Waals surface area contributed by atoms with Crippen molar-refractivity contribution in [2.45, 2.75) is 78.2 Å². The average molecular weight is 424 g/mol. The van der Waals surface area contributed by atoms with Crippen molar-refractivity contribution in [1.29, 1.82) is 0 Å². The predicted octanol–water partition coefficient (Wildman–Crippen LogP) is 4.63. The molecule has 2 aromatic rings. The number of hydrogen-bond acceptors (Lipinski definition) is 5. The van der Waals surface area contributed by atoms with Gasteiger partial charge in [-0.05, 0) is 72.1 Å². The number of rotatable bonds is 4. The predicted molar refractivity (Wildman–Crippen MR) is 123 cm³/mol. The molecule has 31 heavy (non-hydrogen) atoms. The minimum atomic E-state index is -0.525. The second-order valence-electron chi connectivity index (χ2n) is 10.1. The summed E-state index contributed by atoms with van der Waals surface area (Å²) in [5.74, 6) is 0. The summed E-state index contributed by atoms with van der Waals surface area (Å²) in [6.45, 7) is 15.6. The summed E-state index contributed by atoms with van der Waals surface area (Å²) in [5, 5.41) is 2.87. The Balaban J connectivity index is 1.72. The number of aromatic nitrogens is 1. The zero-order valence-corrected chi connectivity index (χ0v) is 19.8. The number of ether oxygens (including phenoxy) is 1. The highest BCUT2D eigenvalue weighted by Crippen LogP contribution is 2.36. The highest BCUT2D eigenvalue weighted by atomic mass is 16.7. The first kappa shape index (κ1) is 23.3. The molecule has 6 nitrogen and oxygen atoms in total. The number of carbonyl (C=O) groups excluding carboxylic acids is 1. The van der Waals surface area contributed by atoms with Crippen molar-refractivity contribution < 1.29 is 18.8 Å². The van der Waals surface area contributed by atoms with Crippen LogP contribution in [0.25, 0.3) is 11.1 Å². The zero-order chi connectivity index (χ0) is 23.0. The van der Waals surface area contributed by atoms with E-state index >= 15 is 0 Å². The van der Waals surface area contributed by atoms with Gasteiger partial charge in [-0.3, -0.25) is 4.98 Å². The topological polar surface area (TPSA) is 69.7 Å². The Kier molecular flexibility index (Phi) is 6.22. The summed E-state index contributed by atoms with van der Waals surface area (Å²) in [6, 6.07) is 9.92. The SMILES string of the molecule is C[C@H](NC(=O)OC(C)(C)C)c1ccc(-c2cncc(B3OC(C)(C)C(C)(C)O3)c2)cc1. The number of amides is 1. The second kappa shape index (κ2) is 8.28. The third kappa shape index (κ3) is 5.46. The quantitative estimate of drug-likeness (QED) is 0.725. The van der Waals surface area contributed by atoms with Gasteiger partial charge in [-0.15, -0.1) is 0 Å². The molecule has 2 heterocycles. The number of carbonyl (C=O) groups is 1. The maximum atomic E-state index is 12.0. The summed E-state index contributed by atoms with van der Waals surface area (Å²) in [4.78, 5) is 16.4. The van der Waals surface area contributed by atoms with Crippen molar-refractivity contribution in [1.82, 2.24) is 10.3 Å². The molecule has 0 radical (unpaired) electrons. The fourth-order valence-electron chi connectivity index (χ4n) is 3.26. The van der Waals surface area contributed by atoms with Gasteiger partial charge in [0, 0.05) is 17.9 Å². The second-order valence-corrected chi connectivity index (χ2v) is 10.1. The minimum absolute atomic E-state index is 0.168. The van der Waals surface area contributed by atoms with E-state index in [-0.39, 0.29) is 6.04 Å². The van der Waals surface area contributed by atoms with E-state index in [1.807, 2.05) is 91.9 Å². The molecule has 0 bridgehead atoms. The van der Waals surface area contributed by atoms with Gasteiger partial charge in [-0.1, -0.05) is 30.3 Å². The molecular formula is C24H33BN2O4. The fraction of sp³-hybridized carbons (Fsp3) is 0.500. The molecular weight excluding hydrogens is 391 g/mol. The van der Waals surface area contributed by atoms with Crippen LogP contribution in [0, 0.1) is 0 Å². The Morgan fingerprint density at radius 2 is 1.61 bits per heavy atom. The van der Waals surface area contributed by atoms with Crippen molar-refractivity contribution in [3.8, 4) is 11.1 Å². The summed E-state index contributed by atoms with van der Waals surface area (Å²) in [5.41, 5.74) is 2.57. The summed E-state index contributed by atoms with van der Waals surface area (Å²) in [6.07, 6.45) is 3.18. The van der Waals surface area contributed by atoms with Gasteiger partial charge in [0.05, 0.1) is 17.2 Å². The molecule has 1 fully saturated rings. The van der Waals surface area contributed by atoms with Gasteiger partial charge in [0.2, 0.25) is 0 Å². The van der Waals surface area contributed by atoms with Gasteiger partial charge in [-0.2, -0.15) is 0 Å². The summed E-state index contributed by atoms with van der Waals surface area (Å²) in [7, 11) is -0.449. The molecule has 1 saturated heterocycles. The first-order valence-corrected chi connectivity index (χ1v) is 10.7. The van der Waals surface area contributed by atoms with Crippen molar-refractivity contribution in [2.75, 3.05) is 0 Å². The molecule has 3 rings (SSSR count). The largest absolute Gasteiger partial charge is 0.496 e. The van der Waals surface area contributed by atoms with Crippen LogP contribution in [0.1, 0.15) is 67.0 Å². The van der Waals surface area contributed by atoms with Crippen molar-refractivity contribution in [2.24, 2.45) is 0 Å². The van der Waals surface area contributed by atoms with E-state index in [1.54, 1.807) is 6.20 Å². The Morgan fingerprint density at radius 3 is 2.16 bits per heavy atom. The molecule has 1 aromatic heterocycles. The first-order valence-electron chi connectivity index (χ1n) is 10.7. The zero-order valence-electron chi connectivity index (χ0n) is 19.8. The van der Waals surface area contributed by atoms with Crippen LogP contribution in [-0.2, 0) is 14.0 Å².